The molecule has 1 aromatic rings. The van der Waals surface area contributed by atoms with Gasteiger partial charge < -0.3 is 5.73 Å². The molecule has 2 atom stereocenters. The molecule has 1 amide bonds. The minimum atomic E-state index is -1.10. The van der Waals surface area contributed by atoms with E-state index in [1.165, 1.54) is 11.8 Å². The smallest absolute Gasteiger partial charge is 0.244 e. The van der Waals surface area contributed by atoms with Gasteiger partial charge in [-0.3, -0.25) is 4.79 Å². The van der Waals surface area contributed by atoms with Crippen LogP contribution in [0.3, 0.4) is 0 Å². The largest absolute Gasteiger partial charge is 0.368 e. The van der Waals surface area contributed by atoms with Crippen LogP contribution in [0.4, 0.5) is 0 Å². The van der Waals surface area contributed by atoms with Gasteiger partial charge in [0.15, 0.2) is 4.87 Å². The van der Waals surface area contributed by atoms with Crippen LogP contribution in [0.1, 0.15) is 16.4 Å². The number of carbonyl (C=O) groups excluding carboxylic acids is 1. The molecule has 1 aliphatic heterocycles. The van der Waals surface area contributed by atoms with E-state index in [0.717, 1.165) is 11.1 Å². The van der Waals surface area contributed by atoms with Crippen molar-refractivity contribution in [3.63, 3.8) is 0 Å². The van der Waals surface area contributed by atoms with E-state index >= 15 is 0 Å². The van der Waals surface area contributed by atoms with Crippen molar-refractivity contribution in [3.05, 3.63) is 46.9 Å². The molecule has 16 heavy (non-hydrogen) atoms. The fourth-order valence-electron chi connectivity index (χ4n) is 1.80. The maximum absolute atomic E-state index is 11.4. The number of benzene rings is 1. The Kier molecular flexibility index (Phi) is 3.00. The molecule has 0 saturated heterocycles. The number of hydrogen-bond acceptors (Lipinski definition) is 2. The molecular formula is C12H12ClNOS. The number of rotatable bonds is 2. The highest BCUT2D eigenvalue weighted by Crippen LogP contribution is 2.50. The topological polar surface area (TPSA) is 43.1 Å². The molecule has 2 rings (SSSR count). The molecule has 0 aromatic heterocycles. The Morgan fingerprint density at radius 1 is 1.50 bits per heavy atom. The van der Waals surface area contributed by atoms with Crippen LogP contribution in [-0.4, -0.2) is 10.8 Å². The summed E-state index contributed by atoms with van der Waals surface area (Å²) in [5.41, 5.74) is 7.56. The second-order valence-electron chi connectivity index (χ2n) is 3.81. The van der Waals surface area contributed by atoms with E-state index in [2.05, 4.69) is 0 Å². The zero-order valence-electron chi connectivity index (χ0n) is 8.81. The number of aryl methyl sites for hydroxylation is 1. The predicted octanol–water partition coefficient (Wildman–Crippen LogP) is 2.76. The highest BCUT2D eigenvalue weighted by atomic mass is 35.5. The van der Waals surface area contributed by atoms with E-state index in [1.54, 1.807) is 6.08 Å². The van der Waals surface area contributed by atoms with Gasteiger partial charge in [0.1, 0.15) is 0 Å². The van der Waals surface area contributed by atoms with Crippen molar-refractivity contribution in [3.8, 4) is 0 Å². The van der Waals surface area contributed by atoms with Gasteiger partial charge in [-0.2, -0.15) is 0 Å². The van der Waals surface area contributed by atoms with Crippen molar-refractivity contribution in [2.24, 2.45) is 5.73 Å². The van der Waals surface area contributed by atoms with Crippen molar-refractivity contribution >= 4 is 29.3 Å². The maximum atomic E-state index is 11.4. The molecule has 2 nitrogen and oxygen atoms in total. The molecule has 84 valence electrons. The predicted molar refractivity (Wildman–Crippen MR) is 68.4 cm³/mol. The summed E-state index contributed by atoms with van der Waals surface area (Å²) in [7, 11) is 0. The van der Waals surface area contributed by atoms with Crippen molar-refractivity contribution in [1.82, 2.24) is 0 Å². The van der Waals surface area contributed by atoms with Crippen LogP contribution in [0.5, 0.6) is 0 Å². The molecule has 4 heteroatoms. The molecule has 1 aliphatic rings. The highest BCUT2D eigenvalue weighted by Gasteiger charge is 2.45. The monoisotopic (exact) mass is 253 g/mol. The second kappa shape index (κ2) is 4.15. The quantitative estimate of drug-likeness (QED) is 0.824. The number of halogens is 1. The maximum Gasteiger partial charge on any atom is 0.244 e. The molecule has 0 saturated carbocycles. The molecule has 1 aromatic carbocycles. The fraction of sp³-hybridized carbons (Fsp3) is 0.250. The average Bonchev–Trinajstić information content (AvgIpc) is 2.63. The van der Waals surface area contributed by atoms with Gasteiger partial charge >= 0.3 is 0 Å². The van der Waals surface area contributed by atoms with E-state index in [4.69, 9.17) is 17.3 Å². The Balaban J connectivity index is 2.43. The lowest BCUT2D eigenvalue weighted by molar-refractivity contribution is -0.119. The number of hydrogen-bond donors (Lipinski definition) is 1. The molecule has 2 N–H and O–H groups in total. The first-order valence-corrected chi connectivity index (χ1v) is 6.25. The summed E-state index contributed by atoms with van der Waals surface area (Å²) in [6.45, 7) is 2.01. The lowest BCUT2D eigenvalue weighted by Crippen LogP contribution is -2.39. The van der Waals surface area contributed by atoms with Crippen molar-refractivity contribution < 1.29 is 4.79 Å². The van der Waals surface area contributed by atoms with E-state index in [-0.39, 0.29) is 5.25 Å². The summed E-state index contributed by atoms with van der Waals surface area (Å²) in [6.07, 6.45) is 1.68. The molecule has 1 heterocycles. The number of thioether (sulfide) groups is 1. The molecule has 0 fully saturated rings. The van der Waals surface area contributed by atoms with Crippen molar-refractivity contribution in [1.29, 1.82) is 0 Å². The van der Waals surface area contributed by atoms with Crippen molar-refractivity contribution in [2.75, 3.05) is 0 Å². The van der Waals surface area contributed by atoms with E-state index in [1.807, 2.05) is 36.6 Å². The first-order chi connectivity index (χ1) is 7.55. The second-order valence-corrected chi connectivity index (χ2v) is 5.45. The lowest BCUT2D eigenvalue weighted by atomic mass is 9.94. The van der Waals surface area contributed by atoms with Crippen LogP contribution < -0.4 is 5.73 Å². The number of primary amides is 1. The summed E-state index contributed by atoms with van der Waals surface area (Å²) in [4.78, 5) is 10.3. The number of carbonyl (C=O) groups is 1. The molecule has 0 radical (unpaired) electrons. The van der Waals surface area contributed by atoms with Gasteiger partial charge in [-0.1, -0.05) is 24.3 Å². The summed E-state index contributed by atoms with van der Waals surface area (Å²) in [5, 5.41) is 1.71. The van der Waals surface area contributed by atoms with E-state index < -0.39 is 10.8 Å². The number of alkyl halides is 1. The van der Waals surface area contributed by atoms with Crippen LogP contribution in [-0.2, 0) is 4.79 Å². The number of amides is 1. The van der Waals surface area contributed by atoms with Gasteiger partial charge in [-0.25, -0.2) is 0 Å². The van der Waals surface area contributed by atoms with Gasteiger partial charge in [0.2, 0.25) is 5.91 Å². The SMILES string of the molecule is Cc1ccccc1C1SC=CC1(Cl)C(N)=O. The van der Waals surface area contributed by atoms with Gasteiger partial charge in [0, 0.05) is 0 Å². The normalized spacial score (nSPS) is 28.2. The first-order valence-electron chi connectivity index (χ1n) is 4.93. The molecule has 0 spiro atoms. The summed E-state index contributed by atoms with van der Waals surface area (Å²) in [5.74, 6) is -0.497. The van der Waals surface area contributed by atoms with Gasteiger partial charge in [0.25, 0.3) is 0 Å². The molecular weight excluding hydrogens is 242 g/mol. The molecule has 0 bridgehead atoms. The number of nitrogens with two attached hydrogens (primary N) is 1. The summed E-state index contributed by atoms with van der Waals surface area (Å²) >= 11 is 7.83. The standard InChI is InChI=1S/C12H12ClNOS/c1-8-4-2-3-5-9(8)10-12(13,11(14)15)6-7-16-10/h2-7,10H,1H3,(H2,14,15). The Hall–Kier alpha value is -0.930. The zero-order valence-corrected chi connectivity index (χ0v) is 10.4. The van der Waals surface area contributed by atoms with Crippen LogP contribution in [0, 0.1) is 6.92 Å². The third-order valence-electron chi connectivity index (χ3n) is 2.76. The van der Waals surface area contributed by atoms with Crippen LogP contribution >= 0.6 is 23.4 Å². The minimum absolute atomic E-state index is 0.132. The average molecular weight is 254 g/mol. The van der Waals surface area contributed by atoms with E-state index in [9.17, 15) is 4.79 Å². The Bertz CT molecular complexity index is 460. The molecule has 0 aliphatic carbocycles. The lowest BCUT2D eigenvalue weighted by Gasteiger charge is -2.25. The molecule has 2 unspecified atom stereocenters. The summed E-state index contributed by atoms with van der Waals surface area (Å²) in [6, 6.07) is 7.90. The van der Waals surface area contributed by atoms with E-state index in [0.29, 0.717) is 0 Å². The summed E-state index contributed by atoms with van der Waals surface area (Å²) < 4.78 is 0. The van der Waals surface area contributed by atoms with Crippen LogP contribution in [0.25, 0.3) is 0 Å². The van der Waals surface area contributed by atoms with Gasteiger partial charge in [-0.05, 0) is 29.5 Å². The third kappa shape index (κ3) is 1.74. The van der Waals surface area contributed by atoms with Gasteiger partial charge in [0.05, 0.1) is 5.25 Å². The minimum Gasteiger partial charge on any atom is -0.368 e. The van der Waals surface area contributed by atoms with Crippen molar-refractivity contribution in [2.45, 2.75) is 17.0 Å². The Morgan fingerprint density at radius 3 is 2.81 bits per heavy atom. The fourth-order valence-corrected chi connectivity index (χ4v) is 3.46. The zero-order chi connectivity index (χ0) is 11.8. The van der Waals surface area contributed by atoms with Gasteiger partial charge in [-0.15, -0.1) is 23.4 Å². The Morgan fingerprint density at radius 2 is 2.19 bits per heavy atom. The highest BCUT2D eigenvalue weighted by molar-refractivity contribution is 8.02. The van der Waals surface area contributed by atoms with Crippen LogP contribution in [0.2, 0.25) is 0 Å². The first kappa shape index (κ1) is 11.6. The third-order valence-corrected chi connectivity index (χ3v) is 4.61. The Labute approximate surface area is 104 Å². The van der Waals surface area contributed by atoms with Crippen LogP contribution in [0.15, 0.2) is 35.7 Å².